The van der Waals surface area contributed by atoms with Gasteiger partial charge in [0.2, 0.25) is 0 Å². The lowest BCUT2D eigenvalue weighted by atomic mass is 10.1. The average Bonchev–Trinajstić information content (AvgIpc) is 2.61. The summed E-state index contributed by atoms with van der Waals surface area (Å²) in [6.45, 7) is 2.49. The van der Waals surface area contributed by atoms with Crippen molar-refractivity contribution in [2.24, 2.45) is 0 Å². The van der Waals surface area contributed by atoms with Gasteiger partial charge in [0.25, 0.3) is 0 Å². The van der Waals surface area contributed by atoms with Crippen molar-refractivity contribution in [1.29, 1.82) is 0 Å². The Balaban J connectivity index is 1.90. The van der Waals surface area contributed by atoms with E-state index in [0.717, 1.165) is 16.7 Å². The zero-order valence-corrected chi connectivity index (χ0v) is 14.3. The van der Waals surface area contributed by atoms with Crippen molar-refractivity contribution in [1.82, 2.24) is 4.98 Å². The molecule has 0 spiro atoms. The summed E-state index contributed by atoms with van der Waals surface area (Å²) in [7, 11) is 0. The van der Waals surface area contributed by atoms with Gasteiger partial charge in [0.15, 0.2) is 5.78 Å². The first kappa shape index (κ1) is 17.1. The van der Waals surface area contributed by atoms with Gasteiger partial charge in [-0.15, -0.1) is 0 Å². The van der Waals surface area contributed by atoms with Crippen molar-refractivity contribution >= 4 is 34.4 Å². The molecule has 3 nitrogen and oxygen atoms in total. The zero-order chi connectivity index (χ0) is 17.8. The molecule has 0 saturated carbocycles. The number of halogens is 2. The van der Waals surface area contributed by atoms with E-state index in [1.807, 2.05) is 31.2 Å². The van der Waals surface area contributed by atoms with Gasteiger partial charge < -0.3 is 4.74 Å². The van der Waals surface area contributed by atoms with Crippen molar-refractivity contribution in [2.75, 3.05) is 6.61 Å². The second kappa shape index (κ2) is 7.45. The van der Waals surface area contributed by atoms with Crippen LogP contribution < -0.4 is 4.74 Å². The number of aromatic nitrogens is 1. The highest BCUT2D eigenvalue weighted by atomic mass is 35.5. The van der Waals surface area contributed by atoms with Crippen molar-refractivity contribution in [3.8, 4) is 5.75 Å². The summed E-state index contributed by atoms with van der Waals surface area (Å²) in [4.78, 5) is 16.5. The van der Waals surface area contributed by atoms with Gasteiger partial charge in [-0.25, -0.2) is 9.37 Å². The minimum Gasteiger partial charge on any atom is -0.494 e. The maximum atomic E-state index is 12.9. The number of carbonyl (C=O) groups is 1. The molecular weight excluding hydrogens is 341 g/mol. The number of benzene rings is 2. The summed E-state index contributed by atoms with van der Waals surface area (Å²) < 4.78 is 18.4. The number of rotatable bonds is 5. The van der Waals surface area contributed by atoms with Crippen LogP contribution in [0.3, 0.4) is 0 Å². The SMILES string of the molecule is CCOc1ccc2nc(Cl)c(/C=C/C(=O)c3ccc(F)cc3)cc2c1. The quantitative estimate of drug-likeness (QED) is 0.353. The summed E-state index contributed by atoms with van der Waals surface area (Å²) in [5, 5.41) is 1.17. The van der Waals surface area contributed by atoms with Crippen LogP contribution in [0.15, 0.2) is 54.6 Å². The number of nitrogens with zero attached hydrogens (tertiary/aromatic N) is 1. The average molecular weight is 356 g/mol. The van der Waals surface area contributed by atoms with Crippen molar-refractivity contribution in [3.63, 3.8) is 0 Å². The highest BCUT2D eigenvalue weighted by Gasteiger charge is 2.06. The number of carbonyl (C=O) groups excluding carboxylic acids is 1. The van der Waals surface area contributed by atoms with E-state index in [0.29, 0.717) is 22.9 Å². The molecule has 0 aliphatic rings. The van der Waals surface area contributed by atoms with Crippen LogP contribution in [0, 0.1) is 5.82 Å². The van der Waals surface area contributed by atoms with Crippen molar-refractivity contribution < 1.29 is 13.9 Å². The monoisotopic (exact) mass is 355 g/mol. The van der Waals surface area contributed by atoms with Crippen LogP contribution in [0.4, 0.5) is 4.39 Å². The molecule has 0 aliphatic carbocycles. The van der Waals surface area contributed by atoms with Crippen LogP contribution >= 0.6 is 11.6 Å². The van der Waals surface area contributed by atoms with Crippen LogP contribution in [-0.2, 0) is 0 Å². The molecule has 0 fully saturated rings. The van der Waals surface area contributed by atoms with Gasteiger partial charge in [-0.05, 0) is 67.6 Å². The Morgan fingerprint density at radius 2 is 1.96 bits per heavy atom. The lowest BCUT2D eigenvalue weighted by Gasteiger charge is -2.06. The van der Waals surface area contributed by atoms with Crippen LogP contribution in [0.2, 0.25) is 5.15 Å². The van der Waals surface area contributed by atoms with Gasteiger partial charge >= 0.3 is 0 Å². The number of hydrogen-bond donors (Lipinski definition) is 0. The second-order valence-corrected chi connectivity index (χ2v) is 5.72. The van der Waals surface area contributed by atoms with Crippen molar-refractivity contribution in [3.05, 3.63) is 76.7 Å². The first-order chi connectivity index (χ1) is 12.1. The van der Waals surface area contributed by atoms with Gasteiger partial charge in [-0.3, -0.25) is 4.79 Å². The molecule has 0 unspecified atom stereocenters. The molecule has 3 rings (SSSR count). The van der Waals surface area contributed by atoms with E-state index in [9.17, 15) is 9.18 Å². The first-order valence-electron chi connectivity index (χ1n) is 7.78. The zero-order valence-electron chi connectivity index (χ0n) is 13.5. The van der Waals surface area contributed by atoms with E-state index in [1.165, 1.54) is 30.3 Å². The Hall–Kier alpha value is -2.72. The molecule has 5 heteroatoms. The van der Waals surface area contributed by atoms with E-state index >= 15 is 0 Å². The van der Waals surface area contributed by atoms with E-state index in [1.54, 1.807) is 6.08 Å². The summed E-state index contributed by atoms with van der Waals surface area (Å²) in [5.74, 6) is 0.128. The Kier molecular flexibility index (Phi) is 5.10. The highest BCUT2D eigenvalue weighted by Crippen LogP contribution is 2.25. The number of fused-ring (bicyclic) bond motifs is 1. The number of hydrogen-bond acceptors (Lipinski definition) is 3. The van der Waals surface area contributed by atoms with Gasteiger partial charge in [0.05, 0.1) is 12.1 Å². The summed E-state index contributed by atoms with van der Waals surface area (Å²) in [5.41, 5.74) is 1.77. The van der Waals surface area contributed by atoms with Gasteiger partial charge in [-0.1, -0.05) is 11.6 Å². The standard InChI is InChI=1S/C20H15ClFNO2/c1-2-25-17-8-9-18-15(12-17)11-14(20(21)23-18)5-10-19(24)13-3-6-16(22)7-4-13/h3-12H,2H2,1H3/b10-5+. The summed E-state index contributed by atoms with van der Waals surface area (Å²) in [6.07, 6.45) is 3.00. The Bertz CT molecular complexity index is 952. The minimum atomic E-state index is -0.382. The molecule has 0 amide bonds. The Labute approximate surface area is 149 Å². The lowest BCUT2D eigenvalue weighted by Crippen LogP contribution is -1.94. The third-order valence-electron chi connectivity index (χ3n) is 3.62. The predicted octanol–water partition coefficient (Wildman–Crippen LogP) is 5.32. The molecule has 126 valence electrons. The molecule has 0 atom stereocenters. The maximum absolute atomic E-state index is 12.9. The van der Waals surface area contributed by atoms with E-state index in [-0.39, 0.29) is 11.6 Å². The smallest absolute Gasteiger partial charge is 0.185 e. The number of ketones is 1. The molecule has 0 radical (unpaired) electrons. The molecule has 0 N–H and O–H groups in total. The third-order valence-corrected chi connectivity index (χ3v) is 3.92. The van der Waals surface area contributed by atoms with Crippen LogP contribution in [0.25, 0.3) is 17.0 Å². The van der Waals surface area contributed by atoms with Gasteiger partial charge in [0.1, 0.15) is 16.7 Å². The molecule has 3 aromatic rings. The predicted molar refractivity (Wildman–Crippen MR) is 97.7 cm³/mol. The maximum Gasteiger partial charge on any atom is 0.185 e. The number of allylic oxidation sites excluding steroid dienone is 1. The first-order valence-corrected chi connectivity index (χ1v) is 8.15. The van der Waals surface area contributed by atoms with Gasteiger partial charge in [-0.2, -0.15) is 0 Å². The van der Waals surface area contributed by atoms with Crippen molar-refractivity contribution in [2.45, 2.75) is 6.92 Å². The second-order valence-electron chi connectivity index (χ2n) is 5.36. The minimum absolute atomic E-state index is 0.237. The molecule has 0 bridgehead atoms. The van der Waals surface area contributed by atoms with Crippen LogP contribution in [-0.4, -0.2) is 17.4 Å². The summed E-state index contributed by atoms with van der Waals surface area (Å²) >= 11 is 6.20. The lowest BCUT2D eigenvalue weighted by molar-refractivity contribution is 0.104. The number of pyridine rings is 1. The van der Waals surface area contributed by atoms with Crippen LogP contribution in [0.1, 0.15) is 22.8 Å². The topological polar surface area (TPSA) is 39.2 Å². The fraction of sp³-hybridized carbons (Fsp3) is 0.100. The summed E-state index contributed by atoms with van der Waals surface area (Å²) in [6, 6.07) is 12.8. The highest BCUT2D eigenvalue weighted by molar-refractivity contribution is 6.31. The van der Waals surface area contributed by atoms with E-state index in [4.69, 9.17) is 16.3 Å². The normalized spacial score (nSPS) is 11.2. The molecule has 1 aromatic heterocycles. The Morgan fingerprint density at radius 3 is 2.68 bits per heavy atom. The molecule has 0 aliphatic heterocycles. The molecular formula is C20H15ClFNO2. The number of ether oxygens (including phenoxy) is 1. The van der Waals surface area contributed by atoms with Crippen LogP contribution in [0.5, 0.6) is 5.75 Å². The fourth-order valence-electron chi connectivity index (χ4n) is 2.40. The van der Waals surface area contributed by atoms with Gasteiger partial charge in [0, 0.05) is 16.5 Å². The molecule has 25 heavy (non-hydrogen) atoms. The van der Waals surface area contributed by atoms with E-state index in [2.05, 4.69) is 4.98 Å². The third kappa shape index (κ3) is 4.03. The molecule has 2 aromatic carbocycles. The largest absolute Gasteiger partial charge is 0.494 e. The van der Waals surface area contributed by atoms with E-state index < -0.39 is 0 Å². The molecule has 0 saturated heterocycles. The fourth-order valence-corrected chi connectivity index (χ4v) is 2.61. The molecule has 1 heterocycles. The Morgan fingerprint density at radius 1 is 1.20 bits per heavy atom.